The minimum absolute atomic E-state index is 0.0720. The minimum Gasteiger partial charge on any atom is -0.302 e. The molecule has 13 heteroatoms. The smallest absolute Gasteiger partial charge is 0.262 e. The average molecular weight is 470 g/mol. The predicted octanol–water partition coefficient (Wildman–Crippen LogP) is 1.62. The van der Waals surface area contributed by atoms with Crippen LogP contribution in [0.2, 0.25) is 0 Å². The molecule has 164 valence electrons. The summed E-state index contributed by atoms with van der Waals surface area (Å²) in [7, 11) is 0. The maximum atomic E-state index is 12.1. The van der Waals surface area contributed by atoms with Gasteiger partial charge in [0.25, 0.3) is 5.91 Å². The third kappa shape index (κ3) is 5.18. The summed E-state index contributed by atoms with van der Waals surface area (Å²) in [5, 5.41) is 23.0. The van der Waals surface area contributed by atoms with E-state index in [0.717, 1.165) is 21.1 Å². The van der Waals surface area contributed by atoms with E-state index in [4.69, 9.17) is 0 Å². The summed E-state index contributed by atoms with van der Waals surface area (Å²) in [4.78, 5) is 26.4. The molecule has 0 radical (unpaired) electrons. The van der Waals surface area contributed by atoms with Crippen molar-refractivity contribution < 1.29 is 9.59 Å². The van der Waals surface area contributed by atoms with Gasteiger partial charge in [-0.3, -0.25) is 20.4 Å². The van der Waals surface area contributed by atoms with E-state index < -0.39 is 5.91 Å². The lowest BCUT2D eigenvalue weighted by Gasteiger charge is -2.08. The Labute approximate surface area is 191 Å². The number of amides is 2. The number of nitrogens with zero attached hydrogens (tertiary/aromatic N) is 7. The fraction of sp³-hybridized carbons (Fsp3) is 0.211. The van der Waals surface area contributed by atoms with Gasteiger partial charge < -0.3 is 4.57 Å². The van der Waals surface area contributed by atoms with Crippen LogP contribution in [0.3, 0.4) is 0 Å². The zero-order valence-corrected chi connectivity index (χ0v) is 18.6. The fourth-order valence-corrected chi connectivity index (χ4v) is 4.27. The van der Waals surface area contributed by atoms with Crippen molar-refractivity contribution in [2.75, 3.05) is 5.75 Å². The summed E-state index contributed by atoms with van der Waals surface area (Å²) in [5.74, 6) is 0.415. The van der Waals surface area contributed by atoms with E-state index in [1.54, 1.807) is 11.3 Å². The van der Waals surface area contributed by atoms with Crippen LogP contribution in [0.5, 0.6) is 0 Å². The molecule has 0 fully saturated rings. The van der Waals surface area contributed by atoms with Gasteiger partial charge in [-0.15, -0.1) is 31.7 Å². The average Bonchev–Trinajstić information content (AvgIpc) is 3.57. The molecule has 0 bridgehead atoms. The van der Waals surface area contributed by atoms with Crippen molar-refractivity contribution in [1.82, 2.24) is 45.8 Å². The van der Waals surface area contributed by atoms with Crippen LogP contribution in [0, 0.1) is 0 Å². The highest BCUT2D eigenvalue weighted by Gasteiger charge is 2.16. The van der Waals surface area contributed by atoms with E-state index in [9.17, 15) is 9.59 Å². The van der Waals surface area contributed by atoms with Crippen molar-refractivity contribution in [1.29, 1.82) is 0 Å². The van der Waals surface area contributed by atoms with Gasteiger partial charge in [0.1, 0.15) is 6.54 Å². The maximum Gasteiger partial charge on any atom is 0.262 e. The van der Waals surface area contributed by atoms with Crippen LogP contribution in [0.4, 0.5) is 0 Å². The first-order chi connectivity index (χ1) is 15.6. The van der Waals surface area contributed by atoms with Gasteiger partial charge in [-0.25, -0.2) is 0 Å². The Morgan fingerprint density at radius 2 is 1.84 bits per heavy atom. The second-order valence-corrected chi connectivity index (χ2v) is 8.31. The molecule has 2 amide bonds. The van der Waals surface area contributed by atoms with Crippen LogP contribution in [0.25, 0.3) is 22.1 Å². The lowest BCUT2D eigenvalue weighted by molar-refractivity contribution is -0.128. The highest BCUT2D eigenvalue weighted by molar-refractivity contribution is 7.99. The fourth-order valence-electron chi connectivity index (χ4n) is 2.76. The molecule has 0 unspecified atom stereocenters. The van der Waals surface area contributed by atoms with Gasteiger partial charge >= 0.3 is 0 Å². The van der Waals surface area contributed by atoms with E-state index in [2.05, 4.69) is 36.5 Å². The lowest BCUT2D eigenvalue weighted by Crippen LogP contribution is -2.44. The Kier molecular flexibility index (Phi) is 6.87. The molecule has 0 saturated heterocycles. The van der Waals surface area contributed by atoms with Gasteiger partial charge in [0.2, 0.25) is 11.7 Å². The summed E-state index contributed by atoms with van der Waals surface area (Å²) < 4.78 is 1.95. The summed E-state index contributed by atoms with van der Waals surface area (Å²) >= 11 is 2.82. The molecule has 3 heterocycles. The molecule has 0 spiro atoms. The van der Waals surface area contributed by atoms with Crippen molar-refractivity contribution in [3.63, 3.8) is 0 Å². The number of benzene rings is 1. The second-order valence-electron chi connectivity index (χ2n) is 6.42. The molecule has 1 aromatic carbocycles. The van der Waals surface area contributed by atoms with Crippen LogP contribution in [0.1, 0.15) is 6.92 Å². The zero-order valence-electron chi connectivity index (χ0n) is 17.0. The number of hydrazine groups is 1. The Bertz CT molecular complexity index is 1190. The van der Waals surface area contributed by atoms with E-state index in [1.165, 1.54) is 11.8 Å². The van der Waals surface area contributed by atoms with E-state index in [1.807, 2.05) is 59.3 Å². The number of aromatic nitrogens is 7. The molecule has 11 nitrogen and oxygen atoms in total. The molecule has 0 atom stereocenters. The van der Waals surface area contributed by atoms with Crippen molar-refractivity contribution in [3.8, 4) is 22.1 Å². The number of tetrazole rings is 1. The third-order valence-corrected chi connectivity index (χ3v) is 6.05. The SMILES string of the molecule is CCn1c(SCC(=O)NNC(=O)Cn2nnc(-c3ccccc3)n2)nnc1-c1cccs1. The van der Waals surface area contributed by atoms with Crippen LogP contribution in [-0.2, 0) is 22.7 Å². The normalized spacial score (nSPS) is 10.8. The number of thiophene rings is 1. The highest BCUT2D eigenvalue weighted by Crippen LogP contribution is 2.26. The van der Waals surface area contributed by atoms with Gasteiger partial charge in [-0.2, -0.15) is 4.80 Å². The summed E-state index contributed by atoms with van der Waals surface area (Å²) in [5.41, 5.74) is 5.53. The van der Waals surface area contributed by atoms with Crippen molar-refractivity contribution in [2.24, 2.45) is 0 Å². The van der Waals surface area contributed by atoms with Crippen molar-refractivity contribution in [2.45, 2.75) is 25.2 Å². The van der Waals surface area contributed by atoms with E-state index in [-0.39, 0.29) is 18.2 Å². The van der Waals surface area contributed by atoms with Gasteiger partial charge in [-0.1, -0.05) is 48.2 Å². The predicted molar refractivity (Wildman–Crippen MR) is 119 cm³/mol. The number of hydrogen-bond donors (Lipinski definition) is 2. The van der Waals surface area contributed by atoms with Crippen LogP contribution < -0.4 is 10.9 Å². The number of rotatable bonds is 8. The lowest BCUT2D eigenvalue weighted by atomic mass is 10.2. The first-order valence-corrected chi connectivity index (χ1v) is 11.5. The Morgan fingerprint density at radius 3 is 2.59 bits per heavy atom. The third-order valence-electron chi connectivity index (χ3n) is 4.22. The standard InChI is InChI=1S/C19H19N9O2S2/c1-2-27-18(14-9-6-10-31-14)23-24-19(27)32-12-16(30)21-20-15(29)11-28-25-17(22-26-28)13-7-4-3-5-8-13/h3-10H,2,11-12H2,1H3,(H,20,29)(H,21,30). The van der Waals surface area contributed by atoms with Crippen LogP contribution in [0.15, 0.2) is 53.0 Å². The number of hydrogen-bond acceptors (Lipinski definition) is 9. The molecular weight excluding hydrogens is 450 g/mol. The second kappa shape index (κ2) is 10.2. The Hall–Kier alpha value is -3.58. The molecule has 4 rings (SSSR count). The summed E-state index contributed by atoms with van der Waals surface area (Å²) in [6, 6.07) is 13.2. The number of thioether (sulfide) groups is 1. The van der Waals surface area contributed by atoms with Gasteiger partial charge in [0.05, 0.1) is 10.6 Å². The molecule has 32 heavy (non-hydrogen) atoms. The molecule has 2 N–H and O–H groups in total. The van der Waals surface area contributed by atoms with Crippen molar-refractivity contribution in [3.05, 3.63) is 47.8 Å². The molecule has 0 saturated carbocycles. The van der Waals surface area contributed by atoms with E-state index >= 15 is 0 Å². The monoisotopic (exact) mass is 469 g/mol. The Morgan fingerprint density at radius 1 is 1.03 bits per heavy atom. The van der Waals surface area contributed by atoms with Crippen LogP contribution in [-0.4, -0.2) is 52.5 Å². The van der Waals surface area contributed by atoms with Crippen LogP contribution >= 0.6 is 23.1 Å². The highest BCUT2D eigenvalue weighted by atomic mass is 32.2. The van der Waals surface area contributed by atoms with Gasteiger partial charge in [-0.05, 0) is 23.6 Å². The largest absolute Gasteiger partial charge is 0.302 e. The first kappa shape index (κ1) is 21.6. The van der Waals surface area contributed by atoms with Gasteiger partial charge in [0, 0.05) is 12.1 Å². The quantitative estimate of drug-likeness (QED) is 0.294. The number of carbonyl (C=O) groups is 2. The minimum atomic E-state index is -0.475. The number of carbonyl (C=O) groups excluding carboxylic acids is 2. The molecule has 0 aliphatic carbocycles. The van der Waals surface area contributed by atoms with Crippen molar-refractivity contribution >= 4 is 34.9 Å². The number of nitrogens with one attached hydrogen (secondary N) is 2. The topological polar surface area (TPSA) is 133 Å². The maximum absolute atomic E-state index is 12.1. The molecule has 3 aromatic heterocycles. The first-order valence-electron chi connectivity index (χ1n) is 9.65. The molecule has 0 aliphatic rings. The van der Waals surface area contributed by atoms with E-state index in [0.29, 0.717) is 17.5 Å². The zero-order chi connectivity index (χ0) is 22.3. The molecule has 4 aromatic rings. The summed E-state index contributed by atoms with van der Waals surface area (Å²) in [6.45, 7) is 2.49. The Balaban J connectivity index is 1.25. The van der Waals surface area contributed by atoms with Gasteiger partial charge in [0.15, 0.2) is 11.0 Å². The molecule has 0 aliphatic heterocycles. The molecular formula is C19H19N9O2S2. The summed E-state index contributed by atoms with van der Waals surface area (Å²) in [6.07, 6.45) is 0.